The predicted octanol–water partition coefficient (Wildman–Crippen LogP) is 0.475. The first-order chi connectivity index (χ1) is 7.36. The van der Waals surface area contributed by atoms with Crippen molar-refractivity contribution >= 4 is 0 Å². The number of H-pyrrole nitrogens is 1. The van der Waals surface area contributed by atoms with E-state index in [-0.39, 0.29) is 0 Å². The molecule has 0 aliphatic rings. The van der Waals surface area contributed by atoms with Crippen molar-refractivity contribution < 1.29 is 0 Å². The monoisotopic (exact) mass is 205 g/mol. The molecule has 80 valence electrons. The van der Waals surface area contributed by atoms with E-state index in [1.165, 1.54) is 5.69 Å². The lowest BCUT2D eigenvalue weighted by molar-refractivity contribution is 0.647. The lowest BCUT2D eigenvalue weighted by atomic mass is 10.3. The molecular weight excluding hydrogens is 190 g/mol. The lowest BCUT2D eigenvalue weighted by Gasteiger charge is -2.02. The molecule has 2 N–H and O–H groups in total. The van der Waals surface area contributed by atoms with Crippen LogP contribution in [0.1, 0.15) is 11.5 Å². The van der Waals surface area contributed by atoms with Crippen LogP contribution in [0.4, 0.5) is 0 Å². The zero-order valence-electron chi connectivity index (χ0n) is 8.77. The number of hydrogen-bond donors (Lipinski definition) is 2. The van der Waals surface area contributed by atoms with E-state index in [4.69, 9.17) is 0 Å². The second kappa shape index (κ2) is 4.75. The molecule has 0 aromatic carbocycles. The van der Waals surface area contributed by atoms with Crippen LogP contribution in [0.3, 0.4) is 0 Å². The summed E-state index contributed by atoms with van der Waals surface area (Å²) in [7, 11) is 1.96. The van der Waals surface area contributed by atoms with Gasteiger partial charge in [-0.3, -0.25) is 0 Å². The third-order valence-electron chi connectivity index (χ3n) is 2.31. The van der Waals surface area contributed by atoms with Crippen LogP contribution in [0.5, 0.6) is 0 Å². The van der Waals surface area contributed by atoms with E-state index >= 15 is 0 Å². The van der Waals surface area contributed by atoms with Crippen LogP contribution in [0.25, 0.3) is 0 Å². The Morgan fingerprint density at radius 1 is 1.53 bits per heavy atom. The minimum absolute atomic E-state index is 0.866. The number of rotatable bonds is 5. The third-order valence-corrected chi connectivity index (χ3v) is 2.31. The Hall–Kier alpha value is -1.62. The molecular formula is C10H15N5. The van der Waals surface area contributed by atoms with Crippen LogP contribution in [0.2, 0.25) is 0 Å². The highest BCUT2D eigenvalue weighted by molar-refractivity contribution is 5.02. The highest BCUT2D eigenvalue weighted by Gasteiger charge is 1.99. The maximum Gasteiger partial charge on any atom is 0.133 e. The summed E-state index contributed by atoms with van der Waals surface area (Å²) >= 11 is 0. The number of aromatic nitrogens is 4. The highest BCUT2D eigenvalue weighted by atomic mass is 15.2. The number of aromatic amines is 1. The summed E-state index contributed by atoms with van der Waals surface area (Å²) in [5, 5.41) is 11.2. The topological polar surface area (TPSA) is 58.5 Å². The Morgan fingerprint density at radius 2 is 2.47 bits per heavy atom. The fourth-order valence-corrected chi connectivity index (χ4v) is 1.43. The molecule has 5 heteroatoms. The summed E-state index contributed by atoms with van der Waals surface area (Å²) in [6.45, 7) is 1.77. The quantitative estimate of drug-likeness (QED) is 0.698. The Bertz CT molecular complexity index is 390. The molecule has 0 aliphatic carbocycles. The van der Waals surface area contributed by atoms with Gasteiger partial charge in [0.2, 0.25) is 0 Å². The minimum Gasteiger partial charge on any atom is -0.364 e. The summed E-state index contributed by atoms with van der Waals surface area (Å²) < 4.78 is 1.94. The molecule has 5 nitrogen and oxygen atoms in total. The van der Waals surface area contributed by atoms with Crippen molar-refractivity contribution in [3.63, 3.8) is 0 Å². The van der Waals surface area contributed by atoms with Crippen molar-refractivity contribution in [3.8, 4) is 0 Å². The summed E-state index contributed by atoms with van der Waals surface area (Å²) in [6.07, 6.45) is 4.55. The van der Waals surface area contributed by atoms with Gasteiger partial charge >= 0.3 is 0 Å². The Labute approximate surface area is 88.5 Å². The van der Waals surface area contributed by atoms with Gasteiger partial charge in [-0.1, -0.05) is 0 Å². The zero-order chi connectivity index (χ0) is 10.5. The number of nitrogens with zero attached hydrogens (tertiary/aromatic N) is 3. The molecule has 2 aromatic rings. The van der Waals surface area contributed by atoms with E-state index in [1.54, 1.807) is 6.33 Å². The Morgan fingerprint density at radius 3 is 3.13 bits per heavy atom. The standard InChI is InChI=1S/C10H15N5/c1-15-8-13-14-10(15)4-6-11-7-9-3-2-5-12-9/h2-3,5,8,11-12H,4,6-7H2,1H3. The fraction of sp³-hybridized carbons (Fsp3) is 0.400. The molecule has 0 radical (unpaired) electrons. The van der Waals surface area contributed by atoms with Gasteiger partial charge < -0.3 is 14.9 Å². The molecule has 0 unspecified atom stereocenters. The summed E-state index contributed by atoms with van der Waals surface area (Å²) in [5.74, 6) is 1.01. The maximum atomic E-state index is 4.02. The van der Waals surface area contributed by atoms with Crippen molar-refractivity contribution in [2.45, 2.75) is 13.0 Å². The average Bonchev–Trinajstić information content (AvgIpc) is 2.85. The van der Waals surface area contributed by atoms with Crippen LogP contribution in [-0.2, 0) is 20.0 Å². The van der Waals surface area contributed by atoms with Gasteiger partial charge in [0, 0.05) is 38.4 Å². The van der Waals surface area contributed by atoms with Gasteiger partial charge in [0.05, 0.1) is 0 Å². The lowest BCUT2D eigenvalue weighted by Crippen LogP contribution is -2.18. The number of nitrogens with one attached hydrogen (secondary N) is 2. The van der Waals surface area contributed by atoms with Crippen LogP contribution in [0, 0.1) is 0 Å². The predicted molar refractivity (Wildman–Crippen MR) is 57.2 cm³/mol. The molecule has 0 fully saturated rings. The van der Waals surface area contributed by atoms with E-state index < -0.39 is 0 Å². The van der Waals surface area contributed by atoms with Gasteiger partial charge in [-0.25, -0.2) is 0 Å². The summed E-state index contributed by atoms with van der Waals surface area (Å²) in [4.78, 5) is 3.15. The average molecular weight is 205 g/mol. The van der Waals surface area contributed by atoms with E-state index in [0.717, 1.165) is 25.3 Å². The van der Waals surface area contributed by atoms with E-state index in [2.05, 4.69) is 26.6 Å². The van der Waals surface area contributed by atoms with Gasteiger partial charge in [-0.15, -0.1) is 10.2 Å². The van der Waals surface area contributed by atoms with Crippen LogP contribution in [0.15, 0.2) is 24.7 Å². The number of aryl methyl sites for hydroxylation is 1. The summed E-state index contributed by atoms with van der Waals surface area (Å²) in [5.41, 5.74) is 1.20. The van der Waals surface area contributed by atoms with Crippen molar-refractivity contribution in [2.24, 2.45) is 7.05 Å². The molecule has 0 amide bonds. The maximum absolute atomic E-state index is 4.02. The van der Waals surface area contributed by atoms with Crippen LogP contribution >= 0.6 is 0 Å². The largest absolute Gasteiger partial charge is 0.364 e. The van der Waals surface area contributed by atoms with E-state index in [0.29, 0.717) is 0 Å². The first-order valence-corrected chi connectivity index (χ1v) is 5.02. The van der Waals surface area contributed by atoms with Crippen molar-refractivity contribution in [1.82, 2.24) is 25.1 Å². The smallest absolute Gasteiger partial charge is 0.133 e. The zero-order valence-corrected chi connectivity index (χ0v) is 8.77. The van der Waals surface area contributed by atoms with Gasteiger partial charge in [0.15, 0.2) is 0 Å². The van der Waals surface area contributed by atoms with Crippen LogP contribution < -0.4 is 5.32 Å². The highest BCUT2D eigenvalue weighted by Crippen LogP contribution is 1.94. The van der Waals surface area contributed by atoms with Gasteiger partial charge in [-0.05, 0) is 12.1 Å². The Kier molecular flexibility index (Phi) is 3.14. The first kappa shape index (κ1) is 9.92. The van der Waals surface area contributed by atoms with Gasteiger partial charge in [0.1, 0.15) is 12.2 Å². The molecule has 0 aliphatic heterocycles. The molecule has 0 saturated carbocycles. The van der Waals surface area contributed by atoms with Crippen LogP contribution in [-0.4, -0.2) is 26.3 Å². The Balaban J connectivity index is 1.70. The molecule has 0 atom stereocenters. The van der Waals surface area contributed by atoms with Crippen molar-refractivity contribution in [3.05, 3.63) is 36.2 Å². The third kappa shape index (κ3) is 2.66. The molecule has 0 spiro atoms. The number of hydrogen-bond acceptors (Lipinski definition) is 3. The van der Waals surface area contributed by atoms with Gasteiger partial charge in [-0.2, -0.15) is 0 Å². The van der Waals surface area contributed by atoms with Gasteiger partial charge in [0.25, 0.3) is 0 Å². The molecule has 0 saturated heterocycles. The van der Waals surface area contributed by atoms with Crippen molar-refractivity contribution in [2.75, 3.05) is 6.54 Å². The van der Waals surface area contributed by atoms with E-state index in [1.807, 2.05) is 23.9 Å². The minimum atomic E-state index is 0.866. The molecule has 0 bridgehead atoms. The molecule has 2 rings (SSSR count). The summed E-state index contributed by atoms with van der Waals surface area (Å²) in [6, 6.07) is 4.06. The molecule has 2 aromatic heterocycles. The molecule has 15 heavy (non-hydrogen) atoms. The fourth-order valence-electron chi connectivity index (χ4n) is 1.43. The first-order valence-electron chi connectivity index (χ1n) is 5.02. The SMILES string of the molecule is Cn1cnnc1CCNCc1ccc[nH]1. The second-order valence-electron chi connectivity index (χ2n) is 3.48. The van der Waals surface area contributed by atoms with E-state index in [9.17, 15) is 0 Å². The van der Waals surface area contributed by atoms with Crippen molar-refractivity contribution in [1.29, 1.82) is 0 Å². The normalized spacial score (nSPS) is 10.7. The second-order valence-corrected chi connectivity index (χ2v) is 3.48. The molecule has 2 heterocycles.